The molecule has 0 spiro atoms. The van der Waals surface area contributed by atoms with E-state index >= 15 is 0 Å². The summed E-state index contributed by atoms with van der Waals surface area (Å²) in [5.41, 5.74) is -2.87. The first-order valence-electron chi connectivity index (χ1n) is 12.3. The Morgan fingerprint density at radius 1 is 0.771 bits per heavy atom. The predicted octanol–water partition coefficient (Wildman–Crippen LogP) is 3.56. The minimum atomic E-state index is -0.899. The standard InChI is InChI=1S/C25H45N3O7/c1-22(2,3)33-19(30)25(10,11)12-13-27-18-16(14-28(27)21(32)35-24(7,8)9)26(15-17(18)29)20(31)34-23(4,5)6/h16-18,29H,12-15H2,1-11H3. The summed E-state index contributed by atoms with van der Waals surface area (Å²) < 4.78 is 16.7. The predicted molar refractivity (Wildman–Crippen MR) is 130 cm³/mol. The van der Waals surface area contributed by atoms with E-state index in [2.05, 4.69) is 0 Å². The lowest BCUT2D eigenvalue weighted by Crippen LogP contribution is -2.51. The van der Waals surface area contributed by atoms with Crippen molar-refractivity contribution in [3.63, 3.8) is 0 Å². The summed E-state index contributed by atoms with van der Waals surface area (Å²) in [6.45, 7) is 20.2. The van der Waals surface area contributed by atoms with Gasteiger partial charge in [-0.25, -0.2) is 19.6 Å². The fourth-order valence-electron chi connectivity index (χ4n) is 4.14. The van der Waals surface area contributed by atoms with Gasteiger partial charge in [-0.3, -0.25) is 9.69 Å². The van der Waals surface area contributed by atoms with Crippen LogP contribution in [0, 0.1) is 5.41 Å². The van der Waals surface area contributed by atoms with Crippen LogP contribution in [-0.4, -0.2) is 92.8 Å². The van der Waals surface area contributed by atoms with Crippen molar-refractivity contribution in [3.05, 3.63) is 0 Å². The molecule has 0 radical (unpaired) electrons. The van der Waals surface area contributed by atoms with E-state index in [0.29, 0.717) is 6.42 Å². The monoisotopic (exact) mass is 499 g/mol. The Labute approximate surface area is 209 Å². The molecule has 0 aliphatic carbocycles. The molecular weight excluding hydrogens is 454 g/mol. The molecule has 3 unspecified atom stereocenters. The van der Waals surface area contributed by atoms with Gasteiger partial charge in [0.1, 0.15) is 16.8 Å². The molecule has 10 heteroatoms. The van der Waals surface area contributed by atoms with Gasteiger partial charge in [-0.2, -0.15) is 0 Å². The number of β-amino-alcohol motifs (C(OH)–C–C–N with tert-alkyl or cyclic N) is 1. The summed E-state index contributed by atoms with van der Waals surface area (Å²) in [6.07, 6.45) is -1.64. The van der Waals surface area contributed by atoms with Gasteiger partial charge in [0.25, 0.3) is 0 Å². The number of hydrogen-bond acceptors (Lipinski definition) is 8. The molecule has 2 heterocycles. The number of hydrazine groups is 1. The molecule has 3 atom stereocenters. The van der Waals surface area contributed by atoms with Gasteiger partial charge in [0.05, 0.1) is 36.7 Å². The second kappa shape index (κ2) is 9.76. The maximum atomic E-state index is 13.1. The van der Waals surface area contributed by atoms with Gasteiger partial charge in [0.2, 0.25) is 0 Å². The zero-order valence-corrected chi connectivity index (χ0v) is 23.3. The van der Waals surface area contributed by atoms with Gasteiger partial charge < -0.3 is 19.3 Å². The number of ether oxygens (including phenoxy) is 3. The number of aliphatic hydroxyl groups excluding tert-OH is 1. The molecule has 0 aromatic heterocycles. The molecule has 35 heavy (non-hydrogen) atoms. The topological polar surface area (TPSA) is 109 Å². The van der Waals surface area contributed by atoms with Crippen LogP contribution in [0.4, 0.5) is 9.59 Å². The van der Waals surface area contributed by atoms with E-state index in [-0.39, 0.29) is 25.6 Å². The summed E-state index contributed by atoms with van der Waals surface area (Å²) in [4.78, 5) is 40.3. The Morgan fingerprint density at radius 2 is 1.26 bits per heavy atom. The highest BCUT2D eigenvalue weighted by Crippen LogP contribution is 2.36. The second-order valence-corrected chi connectivity index (χ2v) is 13.1. The highest BCUT2D eigenvalue weighted by atomic mass is 16.6. The van der Waals surface area contributed by atoms with Gasteiger partial charge in [-0.15, -0.1) is 0 Å². The normalized spacial score (nSPS) is 23.8. The molecule has 202 valence electrons. The van der Waals surface area contributed by atoms with E-state index in [1.165, 1.54) is 9.91 Å². The van der Waals surface area contributed by atoms with Crippen molar-refractivity contribution in [1.82, 2.24) is 14.9 Å². The number of aliphatic hydroxyl groups is 1. The molecule has 10 nitrogen and oxygen atoms in total. The number of likely N-dealkylation sites (tertiary alicyclic amines) is 1. The molecule has 2 rings (SSSR count). The molecule has 2 aliphatic heterocycles. The molecule has 2 saturated heterocycles. The van der Waals surface area contributed by atoms with Crippen molar-refractivity contribution in [2.24, 2.45) is 5.41 Å². The van der Waals surface area contributed by atoms with Gasteiger partial charge in [0, 0.05) is 6.54 Å². The first-order valence-corrected chi connectivity index (χ1v) is 12.3. The van der Waals surface area contributed by atoms with Crippen molar-refractivity contribution >= 4 is 18.2 Å². The largest absolute Gasteiger partial charge is 0.460 e. The SMILES string of the molecule is CC(C)(C)OC(=O)N1CC(O)C2C1CN(C(=O)OC(C)(C)C)N2CCC(C)(C)C(=O)OC(C)(C)C. The maximum absolute atomic E-state index is 13.1. The minimum absolute atomic E-state index is 0.0956. The minimum Gasteiger partial charge on any atom is -0.460 e. The van der Waals surface area contributed by atoms with E-state index in [1.54, 1.807) is 60.4 Å². The van der Waals surface area contributed by atoms with E-state index < -0.39 is 52.6 Å². The Kier molecular flexibility index (Phi) is 8.14. The Morgan fingerprint density at radius 3 is 1.74 bits per heavy atom. The van der Waals surface area contributed by atoms with Gasteiger partial charge in [0.15, 0.2) is 0 Å². The van der Waals surface area contributed by atoms with Crippen LogP contribution in [0.3, 0.4) is 0 Å². The van der Waals surface area contributed by atoms with E-state index in [1.807, 2.05) is 20.8 Å². The Balaban J connectivity index is 2.28. The highest BCUT2D eigenvalue weighted by molar-refractivity contribution is 5.76. The second-order valence-electron chi connectivity index (χ2n) is 13.1. The fraction of sp³-hybridized carbons (Fsp3) is 0.880. The first-order chi connectivity index (χ1) is 15.6. The lowest BCUT2D eigenvalue weighted by atomic mass is 9.89. The molecular formula is C25H45N3O7. The van der Waals surface area contributed by atoms with E-state index in [4.69, 9.17) is 14.2 Å². The quantitative estimate of drug-likeness (QED) is 0.462. The van der Waals surface area contributed by atoms with Crippen LogP contribution in [0.15, 0.2) is 0 Å². The molecule has 0 bridgehead atoms. The highest BCUT2D eigenvalue weighted by Gasteiger charge is 2.56. The van der Waals surface area contributed by atoms with Crippen molar-refractivity contribution < 1.29 is 33.7 Å². The summed E-state index contributed by atoms with van der Waals surface area (Å²) in [5.74, 6) is -0.341. The molecule has 0 aromatic rings. The average molecular weight is 500 g/mol. The third kappa shape index (κ3) is 7.70. The van der Waals surface area contributed by atoms with Crippen LogP contribution in [0.25, 0.3) is 0 Å². The number of rotatable bonds is 4. The summed E-state index contributed by atoms with van der Waals surface area (Å²) in [7, 11) is 0. The Hall–Kier alpha value is -2.07. The van der Waals surface area contributed by atoms with Gasteiger partial charge >= 0.3 is 18.2 Å². The first kappa shape index (κ1) is 29.2. The van der Waals surface area contributed by atoms with Gasteiger partial charge in [-0.1, -0.05) is 0 Å². The maximum Gasteiger partial charge on any atom is 0.425 e. The van der Waals surface area contributed by atoms with Crippen molar-refractivity contribution in [3.8, 4) is 0 Å². The smallest absolute Gasteiger partial charge is 0.425 e. The van der Waals surface area contributed by atoms with E-state index in [9.17, 15) is 19.5 Å². The third-order valence-electron chi connectivity index (χ3n) is 5.74. The van der Waals surface area contributed by atoms with Crippen LogP contribution in [-0.2, 0) is 19.0 Å². The number of carbonyl (C=O) groups excluding carboxylic acids is 3. The van der Waals surface area contributed by atoms with Crippen molar-refractivity contribution in [1.29, 1.82) is 0 Å². The number of hydrogen-bond donors (Lipinski definition) is 1. The van der Waals surface area contributed by atoms with E-state index in [0.717, 1.165) is 0 Å². The zero-order chi connectivity index (χ0) is 27.1. The number of amides is 2. The van der Waals surface area contributed by atoms with Crippen molar-refractivity contribution in [2.45, 2.75) is 118 Å². The van der Waals surface area contributed by atoms with Gasteiger partial charge in [-0.05, 0) is 82.6 Å². The molecule has 2 aliphatic rings. The average Bonchev–Trinajstić information content (AvgIpc) is 3.13. The number of carbonyl (C=O) groups is 3. The summed E-state index contributed by atoms with van der Waals surface area (Å²) >= 11 is 0. The van der Waals surface area contributed by atoms with Crippen LogP contribution >= 0.6 is 0 Å². The molecule has 2 amide bonds. The van der Waals surface area contributed by atoms with Crippen molar-refractivity contribution in [2.75, 3.05) is 19.6 Å². The lowest BCUT2D eigenvalue weighted by molar-refractivity contribution is -0.166. The molecule has 2 fully saturated rings. The summed E-state index contributed by atoms with van der Waals surface area (Å²) in [5, 5.41) is 14.1. The molecule has 0 saturated carbocycles. The Bertz CT molecular complexity index is 807. The number of nitrogens with zero attached hydrogens (tertiary/aromatic N) is 3. The fourth-order valence-corrected chi connectivity index (χ4v) is 4.14. The molecule has 0 aromatic carbocycles. The van der Waals surface area contributed by atoms with Crippen LogP contribution in [0.1, 0.15) is 82.6 Å². The number of esters is 1. The molecule has 1 N–H and O–H groups in total. The van der Waals surface area contributed by atoms with Crippen LogP contribution in [0.2, 0.25) is 0 Å². The van der Waals surface area contributed by atoms with Crippen LogP contribution < -0.4 is 0 Å². The number of fused-ring (bicyclic) bond motifs is 1. The van der Waals surface area contributed by atoms with Crippen LogP contribution in [0.5, 0.6) is 0 Å². The zero-order valence-electron chi connectivity index (χ0n) is 23.3. The lowest BCUT2D eigenvalue weighted by Gasteiger charge is -2.36. The third-order valence-corrected chi connectivity index (χ3v) is 5.74. The summed E-state index contributed by atoms with van der Waals surface area (Å²) in [6, 6.07) is -1.01.